The van der Waals surface area contributed by atoms with Gasteiger partial charge >= 0.3 is 0 Å². The molecule has 110 valence electrons. The van der Waals surface area contributed by atoms with Crippen molar-refractivity contribution in [1.29, 1.82) is 5.26 Å². The quantitative estimate of drug-likeness (QED) is 0.573. The van der Waals surface area contributed by atoms with E-state index in [-0.39, 0.29) is 0 Å². The Balaban J connectivity index is 2.16. The minimum atomic E-state index is 0.678. The molecular weight excluding hydrogens is 278 g/mol. The van der Waals surface area contributed by atoms with Crippen LogP contribution in [-0.2, 0) is 6.42 Å². The summed E-state index contributed by atoms with van der Waals surface area (Å²) in [5.41, 5.74) is 6.60. The number of allylic oxidation sites excluding steroid dienone is 1. The first-order chi connectivity index (χ1) is 11.3. The molecule has 23 heavy (non-hydrogen) atoms. The summed E-state index contributed by atoms with van der Waals surface area (Å²) >= 11 is 0. The molecule has 0 aliphatic heterocycles. The third-order valence-corrected chi connectivity index (χ3v) is 3.87. The van der Waals surface area contributed by atoms with Gasteiger partial charge in [-0.3, -0.25) is 0 Å². The second-order valence-corrected chi connectivity index (χ2v) is 5.43. The molecule has 0 aliphatic carbocycles. The number of nitriles is 1. The topological polar surface area (TPSA) is 23.8 Å². The molecule has 0 saturated carbocycles. The fourth-order valence-corrected chi connectivity index (χ4v) is 2.72. The first-order valence-corrected chi connectivity index (χ1v) is 7.61. The van der Waals surface area contributed by atoms with Crippen LogP contribution in [0.3, 0.4) is 0 Å². The molecule has 0 amide bonds. The summed E-state index contributed by atoms with van der Waals surface area (Å²) < 4.78 is 0. The Labute approximate surface area is 137 Å². The first-order valence-electron chi connectivity index (χ1n) is 7.61. The van der Waals surface area contributed by atoms with Crippen LogP contribution >= 0.6 is 0 Å². The lowest BCUT2D eigenvalue weighted by Crippen LogP contribution is -1.89. The van der Waals surface area contributed by atoms with Crippen molar-refractivity contribution < 1.29 is 0 Å². The van der Waals surface area contributed by atoms with Crippen molar-refractivity contribution in [3.05, 3.63) is 96.6 Å². The van der Waals surface area contributed by atoms with Gasteiger partial charge in [-0.05, 0) is 46.4 Å². The van der Waals surface area contributed by atoms with E-state index in [4.69, 9.17) is 5.26 Å². The van der Waals surface area contributed by atoms with Crippen molar-refractivity contribution in [1.82, 2.24) is 0 Å². The standard InChI is InChI=1S/C22H17N/c1-2-6-17-11-14-21(19-7-4-3-5-8-19)22(15-17)20-12-9-18(16-23)10-13-20/h2-5,7-15H,1,6H2. The molecule has 0 fully saturated rings. The van der Waals surface area contributed by atoms with Gasteiger partial charge in [-0.15, -0.1) is 6.58 Å². The van der Waals surface area contributed by atoms with Gasteiger partial charge in [-0.2, -0.15) is 5.26 Å². The molecule has 3 aromatic carbocycles. The fourth-order valence-electron chi connectivity index (χ4n) is 2.72. The van der Waals surface area contributed by atoms with Crippen LogP contribution in [0.2, 0.25) is 0 Å². The van der Waals surface area contributed by atoms with Gasteiger partial charge < -0.3 is 0 Å². The van der Waals surface area contributed by atoms with E-state index >= 15 is 0 Å². The molecule has 0 aromatic heterocycles. The van der Waals surface area contributed by atoms with E-state index < -0.39 is 0 Å². The van der Waals surface area contributed by atoms with E-state index in [2.05, 4.69) is 55.1 Å². The third kappa shape index (κ3) is 3.22. The Kier molecular flexibility index (Phi) is 4.36. The molecule has 3 rings (SSSR count). The van der Waals surface area contributed by atoms with Crippen molar-refractivity contribution in [2.75, 3.05) is 0 Å². The molecule has 0 atom stereocenters. The van der Waals surface area contributed by atoms with Crippen molar-refractivity contribution in [3.8, 4) is 28.3 Å². The van der Waals surface area contributed by atoms with Crippen LogP contribution < -0.4 is 0 Å². The summed E-state index contributed by atoms with van der Waals surface area (Å²) in [6.45, 7) is 3.83. The fraction of sp³-hybridized carbons (Fsp3) is 0.0455. The molecule has 1 heteroatoms. The number of nitrogens with zero attached hydrogens (tertiary/aromatic N) is 1. The average Bonchev–Trinajstić information content (AvgIpc) is 2.63. The minimum Gasteiger partial charge on any atom is -0.192 e. The molecule has 0 radical (unpaired) electrons. The van der Waals surface area contributed by atoms with Gasteiger partial charge in [0.25, 0.3) is 0 Å². The smallest absolute Gasteiger partial charge is 0.0991 e. The van der Waals surface area contributed by atoms with E-state index in [9.17, 15) is 0 Å². The van der Waals surface area contributed by atoms with E-state index in [0.29, 0.717) is 5.56 Å². The van der Waals surface area contributed by atoms with Gasteiger partial charge in [0.05, 0.1) is 11.6 Å². The third-order valence-electron chi connectivity index (χ3n) is 3.87. The summed E-state index contributed by atoms with van der Waals surface area (Å²) in [6, 6.07) is 26.8. The maximum atomic E-state index is 8.98. The number of rotatable bonds is 4. The van der Waals surface area contributed by atoms with Gasteiger partial charge in [0.15, 0.2) is 0 Å². The van der Waals surface area contributed by atoms with Crippen LogP contribution in [0.5, 0.6) is 0 Å². The molecule has 1 nitrogen and oxygen atoms in total. The van der Waals surface area contributed by atoms with Crippen LogP contribution in [-0.4, -0.2) is 0 Å². The van der Waals surface area contributed by atoms with Crippen molar-refractivity contribution >= 4 is 0 Å². The summed E-state index contributed by atoms with van der Waals surface area (Å²) in [5, 5.41) is 8.98. The zero-order chi connectivity index (χ0) is 16.1. The van der Waals surface area contributed by atoms with Crippen LogP contribution in [0.15, 0.2) is 85.5 Å². The Hall–Kier alpha value is -3.11. The zero-order valence-electron chi connectivity index (χ0n) is 12.9. The molecule has 0 aliphatic rings. The lowest BCUT2D eigenvalue weighted by atomic mass is 9.92. The van der Waals surface area contributed by atoms with Crippen LogP contribution in [0, 0.1) is 11.3 Å². The molecule has 0 bridgehead atoms. The maximum absolute atomic E-state index is 8.98. The normalized spacial score (nSPS) is 10.0. The predicted molar refractivity (Wildman–Crippen MR) is 95.9 cm³/mol. The van der Waals surface area contributed by atoms with E-state index in [1.54, 1.807) is 0 Å². The van der Waals surface area contributed by atoms with Crippen LogP contribution in [0.4, 0.5) is 0 Å². The highest BCUT2D eigenvalue weighted by atomic mass is 14.2. The summed E-state index contributed by atoms with van der Waals surface area (Å²) in [5.74, 6) is 0. The molecule has 0 heterocycles. The number of benzene rings is 3. The Bertz CT molecular complexity index is 853. The van der Waals surface area contributed by atoms with Gasteiger partial charge in [-0.25, -0.2) is 0 Å². The van der Waals surface area contributed by atoms with Gasteiger partial charge in [-0.1, -0.05) is 66.7 Å². The second-order valence-electron chi connectivity index (χ2n) is 5.43. The van der Waals surface area contributed by atoms with Crippen LogP contribution in [0.1, 0.15) is 11.1 Å². The maximum Gasteiger partial charge on any atom is 0.0991 e. The largest absolute Gasteiger partial charge is 0.192 e. The highest BCUT2D eigenvalue weighted by molar-refractivity contribution is 5.84. The van der Waals surface area contributed by atoms with Gasteiger partial charge in [0, 0.05) is 0 Å². The molecule has 0 N–H and O–H groups in total. The van der Waals surface area contributed by atoms with Crippen molar-refractivity contribution in [2.24, 2.45) is 0 Å². The predicted octanol–water partition coefficient (Wildman–Crippen LogP) is 5.62. The van der Waals surface area contributed by atoms with E-state index in [1.165, 1.54) is 22.3 Å². The summed E-state index contributed by atoms with van der Waals surface area (Å²) in [7, 11) is 0. The Morgan fingerprint density at radius 1 is 0.826 bits per heavy atom. The lowest BCUT2D eigenvalue weighted by Gasteiger charge is -2.12. The van der Waals surface area contributed by atoms with Crippen molar-refractivity contribution in [3.63, 3.8) is 0 Å². The summed E-state index contributed by atoms with van der Waals surface area (Å²) in [4.78, 5) is 0. The first kappa shape index (κ1) is 14.8. The highest BCUT2D eigenvalue weighted by Crippen LogP contribution is 2.33. The molecule has 0 saturated heterocycles. The molecule has 0 spiro atoms. The lowest BCUT2D eigenvalue weighted by molar-refractivity contribution is 1.28. The van der Waals surface area contributed by atoms with Gasteiger partial charge in [0.2, 0.25) is 0 Å². The minimum absolute atomic E-state index is 0.678. The Morgan fingerprint density at radius 3 is 2.17 bits per heavy atom. The van der Waals surface area contributed by atoms with E-state index in [0.717, 1.165) is 12.0 Å². The molecule has 0 unspecified atom stereocenters. The molecular formula is C22H17N. The van der Waals surface area contributed by atoms with Gasteiger partial charge in [0.1, 0.15) is 0 Å². The summed E-state index contributed by atoms with van der Waals surface area (Å²) in [6.07, 6.45) is 2.76. The average molecular weight is 295 g/mol. The van der Waals surface area contributed by atoms with Crippen molar-refractivity contribution in [2.45, 2.75) is 6.42 Å². The second kappa shape index (κ2) is 6.77. The van der Waals surface area contributed by atoms with Crippen LogP contribution in [0.25, 0.3) is 22.3 Å². The highest BCUT2D eigenvalue weighted by Gasteiger charge is 2.08. The zero-order valence-corrected chi connectivity index (χ0v) is 12.9. The number of hydrogen-bond donors (Lipinski definition) is 0. The van der Waals surface area contributed by atoms with E-state index in [1.807, 2.05) is 36.4 Å². The SMILES string of the molecule is C=CCc1ccc(-c2ccccc2)c(-c2ccc(C#N)cc2)c1. The monoisotopic (exact) mass is 295 g/mol. The number of hydrogen-bond acceptors (Lipinski definition) is 1. The molecule has 3 aromatic rings. The Morgan fingerprint density at radius 2 is 1.52 bits per heavy atom.